The highest BCUT2D eigenvalue weighted by Crippen LogP contribution is 2.30. The summed E-state index contributed by atoms with van der Waals surface area (Å²) in [6.45, 7) is 2.07. The summed E-state index contributed by atoms with van der Waals surface area (Å²) >= 11 is 6.05. The maximum atomic E-state index is 9.70. The molecule has 0 saturated carbocycles. The van der Waals surface area contributed by atoms with Gasteiger partial charge >= 0.3 is 0 Å². The molecule has 0 bridgehead atoms. The van der Waals surface area contributed by atoms with Gasteiger partial charge in [-0.1, -0.05) is 48.0 Å². The number of ether oxygens (including phenoxy) is 1. The van der Waals surface area contributed by atoms with Crippen molar-refractivity contribution in [3.8, 4) is 17.1 Å². The van der Waals surface area contributed by atoms with Crippen molar-refractivity contribution in [2.45, 2.75) is 19.4 Å². The predicted molar refractivity (Wildman–Crippen MR) is 125 cm³/mol. The highest BCUT2D eigenvalue weighted by atomic mass is 35.5. The zero-order valence-corrected chi connectivity index (χ0v) is 18.3. The van der Waals surface area contributed by atoms with Gasteiger partial charge in [-0.3, -0.25) is 0 Å². The summed E-state index contributed by atoms with van der Waals surface area (Å²) in [7, 11) is 0. The van der Waals surface area contributed by atoms with Gasteiger partial charge in [0.25, 0.3) is 0 Å². The van der Waals surface area contributed by atoms with Crippen LogP contribution in [0.2, 0.25) is 5.02 Å². The summed E-state index contributed by atoms with van der Waals surface area (Å²) in [5.74, 6) is 3.02. The first-order valence-corrected chi connectivity index (χ1v) is 11.1. The largest absolute Gasteiger partial charge is 0.486 e. The average molecular weight is 450 g/mol. The van der Waals surface area contributed by atoms with Gasteiger partial charge in [0.15, 0.2) is 17.3 Å². The van der Waals surface area contributed by atoms with Crippen molar-refractivity contribution in [3.63, 3.8) is 0 Å². The van der Waals surface area contributed by atoms with Crippen LogP contribution in [0.5, 0.6) is 5.75 Å². The summed E-state index contributed by atoms with van der Waals surface area (Å²) in [5.41, 5.74) is 2.32. The Bertz CT molecular complexity index is 1210. The van der Waals surface area contributed by atoms with E-state index in [9.17, 15) is 5.11 Å². The maximum absolute atomic E-state index is 9.70. The van der Waals surface area contributed by atoms with E-state index in [2.05, 4.69) is 9.88 Å². The Morgan fingerprint density at radius 3 is 2.78 bits per heavy atom. The van der Waals surface area contributed by atoms with Gasteiger partial charge in [0.05, 0.1) is 0 Å². The van der Waals surface area contributed by atoms with Crippen LogP contribution in [0.15, 0.2) is 54.6 Å². The minimum Gasteiger partial charge on any atom is -0.486 e. The molecule has 0 amide bonds. The van der Waals surface area contributed by atoms with Crippen LogP contribution < -0.4 is 9.64 Å². The van der Waals surface area contributed by atoms with Crippen molar-refractivity contribution in [1.82, 2.24) is 19.9 Å². The lowest BCUT2D eigenvalue weighted by molar-refractivity contribution is 0.208. The fraction of sp³-hybridized carbons (Fsp3) is 0.292. The van der Waals surface area contributed by atoms with Crippen LogP contribution in [0.25, 0.3) is 22.6 Å². The predicted octanol–water partition coefficient (Wildman–Crippen LogP) is 4.46. The summed E-state index contributed by atoms with van der Waals surface area (Å²) in [5, 5.41) is 10.3. The monoisotopic (exact) mass is 449 g/mol. The molecule has 0 radical (unpaired) electrons. The molecule has 7 nitrogen and oxygen atoms in total. The molecule has 164 valence electrons. The third kappa shape index (κ3) is 4.40. The molecule has 0 aliphatic carbocycles. The van der Waals surface area contributed by atoms with E-state index in [0.717, 1.165) is 42.8 Å². The van der Waals surface area contributed by atoms with Crippen LogP contribution in [0, 0.1) is 5.92 Å². The van der Waals surface area contributed by atoms with Gasteiger partial charge in [-0.15, -0.1) is 0 Å². The summed E-state index contributed by atoms with van der Waals surface area (Å²) < 4.78 is 5.86. The number of aromatic nitrogens is 4. The molecule has 0 spiro atoms. The van der Waals surface area contributed by atoms with E-state index in [4.69, 9.17) is 31.3 Å². The number of aromatic amines is 1. The number of piperidine rings is 1. The van der Waals surface area contributed by atoms with Crippen LogP contribution in [0.3, 0.4) is 0 Å². The Labute approximate surface area is 191 Å². The standard InChI is InChI=1S/C24H24ClN5O2/c25-18-9-4-10-19(12-18)32-15-20-26-21-23(27-20)28-22(17-7-2-1-3-8-17)29-24(21)30-11-5-6-16(13-30)14-31/h1-4,7-10,12,16,31H,5-6,11,13-15H2,(H,26,27,28,29). The highest BCUT2D eigenvalue weighted by Gasteiger charge is 2.24. The summed E-state index contributed by atoms with van der Waals surface area (Å²) in [6.07, 6.45) is 2.03. The number of halogens is 1. The van der Waals surface area contributed by atoms with Crippen molar-refractivity contribution in [2.75, 3.05) is 24.6 Å². The van der Waals surface area contributed by atoms with Gasteiger partial charge in [-0.05, 0) is 37.0 Å². The van der Waals surface area contributed by atoms with Gasteiger partial charge in [0.2, 0.25) is 0 Å². The number of anilines is 1. The topological polar surface area (TPSA) is 87.2 Å². The van der Waals surface area contributed by atoms with Crippen LogP contribution >= 0.6 is 11.6 Å². The third-order valence-electron chi connectivity index (χ3n) is 5.66. The Morgan fingerprint density at radius 1 is 1.09 bits per heavy atom. The van der Waals surface area contributed by atoms with E-state index in [-0.39, 0.29) is 19.1 Å². The minimum absolute atomic E-state index is 0.179. The Morgan fingerprint density at radius 2 is 1.97 bits per heavy atom. The van der Waals surface area contributed by atoms with E-state index in [0.29, 0.717) is 28.1 Å². The number of hydrogen-bond donors (Lipinski definition) is 2. The Hall–Kier alpha value is -3.16. The average Bonchev–Trinajstić information content (AvgIpc) is 3.26. The fourth-order valence-corrected chi connectivity index (χ4v) is 4.24. The van der Waals surface area contributed by atoms with Crippen molar-refractivity contribution < 1.29 is 9.84 Å². The number of aliphatic hydroxyl groups excluding tert-OH is 1. The second kappa shape index (κ2) is 9.14. The molecule has 2 N–H and O–H groups in total. The van der Waals surface area contributed by atoms with Gasteiger partial charge in [-0.2, -0.15) is 0 Å². The first kappa shape index (κ1) is 20.7. The van der Waals surface area contributed by atoms with Crippen molar-refractivity contribution in [1.29, 1.82) is 0 Å². The van der Waals surface area contributed by atoms with Crippen LogP contribution in [-0.4, -0.2) is 44.7 Å². The second-order valence-corrected chi connectivity index (χ2v) is 8.44. The first-order chi connectivity index (χ1) is 15.7. The SMILES string of the molecule is OCC1CCCN(c2nc(-c3ccccc3)nc3nc(COc4cccc(Cl)c4)[nH]c23)C1. The number of H-pyrrole nitrogens is 1. The van der Waals surface area contributed by atoms with Crippen LogP contribution in [-0.2, 0) is 6.61 Å². The molecule has 2 aromatic carbocycles. The molecule has 8 heteroatoms. The van der Waals surface area contributed by atoms with E-state index in [1.807, 2.05) is 42.5 Å². The molecule has 3 heterocycles. The fourth-order valence-electron chi connectivity index (χ4n) is 4.06. The number of nitrogens with one attached hydrogen (secondary N) is 1. The van der Waals surface area contributed by atoms with Crippen molar-refractivity contribution in [2.24, 2.45) is 5.92 Å². The van der Waals surface area contributed by atoms with E-state index in [1.165, 1.54) is 0 Å². The molecule has 32 heavy (non-hydrogen) atoms. The molecule has 4 aromatic rings. The molecule has 1 aliphatic rings. The van der Waals surface area contributed by atoms with E-state index in [1.54, 1.807) is 12.1 Å². The van der Waals surface area contributed by atoms with Crippen molar-refractivity contribution in [3.05, 3.63) is 65.4 Å². The highest BCUT2D eigenvalue weighted by molar-refractivity contribution is 6.30. The molecule has 1 atom stereocenters. The van der Waals surface area contributed by atoms with Gasteiger partial charge in [-0.25, -0.2) is 15.0 Å². The molecular weight excluding hydrogens is 426 g/mol. The van der Waals surface area contributed by atoms with Gasteiger partial charge in [0.1, 0.15) is 23.7 Å². The van der Waals surface area contributed by atoms with E-state index < -0.39 is 0 Å². The molecule has 1 aliphatic heterocycles. The number of aliphatic hydroxyl groups is 1. The van der Waals surface area contributed by atoms with Crippen molar-refractivity contribution >= 4 is 28.6 Å². The second-order valence-electron chi connectivity index (χ2n) is 8.00. The lowest BCUT2D eigenvalue weighted by atomic mass is 9.99. The number of imidazole rings is 1. The van der Waals surface area contributed by atoms with Crippen LogP contribution in [0.1, 0.15) is 18.7 Å². The molecule has 1 unspecified atom stereocenters. The van der Waals surface area contributed by atoms with Gasteiger partial charge in [0, 0.05) is 30.3 Å². The quantitative estimate of drug-likeness (QED) is 0.452. The zero-order chi connectivity index (χ0) is 21.9. The molecular formula is C24H24ClN5O2. The molecule has 2 aromatic heterocycles. The maximum Gasteiger partial charge on any atom is 0.183 e. The molecule has 1 fully saturated rings. The Balaban J connectivity index is 1.51. The summed E-state index contributed by atoms with van der Waals surface area (Å²) in [6, 6.07) is 17.2. The Kier molecular flexibility index (Phi) is 5.92. The van der Waals surface area contributed by atoms with Gasteiger partial charge < -0.3 is 19.7 Å². The zero-order valence-electron chi connectivity index (χ0n) is 17.5. The lowest BCUT2D eigenvalue weighted by Gasteiger charge is -2.32. The van der Waals surface area contributed by atoms with E-state index >= 15 is 0 Å². The molecule has 1 saturated heterocycles. The smallest absolute Gasteiger partial charge is 0.183 e. The number of benzene rings is 2. The number of nitrogens with zero attached hydrogens (tertiary/aromatic N) is 4. The number of fused-ring (bicyclic) bond motifs is 1. The minimum atomic E-state index is 0.179. The number of hydrogen-bond acceptors (Lipinski definition) is 6. The lowest BCUT2D eigenvalue weighted by Crippen LogP contribution is -2.37. The number of rotatable bonds is 6. The third-order valence-corrected chi connectivity index (χ3v) is 5.90. The first-order valence-electron chi connectivity index (χ1n) is 10.8. The summed E-state index contributed by atoms with van der Waals surface area (Å²) in [4.78, 5) is 19.9. The van der Waals surface area contributed by atoms with Crippen LogP contribution in [0.4, 0.5) is 5.82 Å². The normalized spacial score (nSPS) is 16.4. The molecule has 5 rings (SSSR count).